The summed E-state index contributed by atoms with van der Waals surface area (Å²) in [5.74, 6) is 0.600. The number of anilines is 1. The molecule has 0 saturated heterocycles. The van der Waals surface area contributed by atoms with Crippen molar-refractivity contribution in [3.05, 3.63) is 75.6 Å². The monoisotopic (exact) mass is 349 g/mol. The Morgan fingerprint density at radius 1 is 1.15 bits per heavy atom. The highest BCUT2D eigenvalue weighted by molar-refractivity contribution is 5.88. The number of allylic oxidation sites excluding steroid dienone is 1. The lowest BCUT2D eigenvalue weighted by Crippen LogP contribution is -2.10. The van der Waals surface area contributed by atoms with Gasteiger partial charge in [0, 0.05) is 11.6 Å². The maximum Gasteiger partial charge on any atom is 0.530 e. The fraction of sp³-hybridized carbons (Fsp3) is 0.100. The van der Waals surface area contributed by atoms with Gasteiger partial charge in [-0.3, -0.25) is 4.79 Å². The van der Waals surface area contributed by atoms with E-state index in [1.807, 2.05) is 36.4 Å². The molecule has 1 heterocycles. The molecule has 0 radical (unpaired) electrons. The SMILES string of the molecule is O=C(O)ONc1ccc2c(=O)c3c(oc2c1)C(=Cc1ccccc1)CC3. The summed E-state index contributed by atoms with van der Waals surface area (Å²) in [5.41, 5.74) is 5.72. The molecule has 0 saturated carbocycles. The van der Waals surface area contributed by atoms with E-state index in [0.717, 1.165) is 17.6 Å². The van der Waals surface area contributed by atoms with Crippen LogP contribution in [-0.2, 0) is 11.3 Å². The van der Waals surface area contributed by atoms with Gasteiger partial charge < -0.3 is 14.4 Å². The first-order valence-electron chi connectivity index (χ1n) is 8.13. The van der Waals surface area contributed by atoms with Gasteiger partial charge in [-0.2, -0.15) is 0 Å². The average Bonchev–Trinajstić information content (AvgIpc) is 3.04. The molecule has 0 atom stereocenters. The van der Waals surface area contributed by atoms with Crippen molar-refractivity contribution in [3.8, 4) is 0 Å². The average molecular weight is 349 g/mol. The van der Waals surface area contributed by atoms with Gasteiger partial charge >= 0.3 is 6.16 Å². The van der Waals surface area contributed by atoms with Gasteiger partial charge in [-0.25, -0.2) is 10.3 Å². The van der Waals surface area contributed by atoms with Crippen LogP contribution in [0.5, 0.6) is 0 Å². The molecule has 3 aromatic rings. The summed E-state index contributed by atoms with van der Waals surface area (Å²) >= 11 is 0. The molecule has 0 unspecified atom stereocenters. The number of rotatable bonds is 3. The molecule has 26 heavy (non-hydrogen) atoms. The molecule has 6 nitrogen and oxygen atoms in total. The van der Waals surface area contributed by atoms with Crippen LogP contribution in [0, 0.1) is 0 Å². The lowest BCUT2D eigenvalue weighted by atomic mass is 10.1. The van der Waals surface area contributed by atoms with Crippen molar-refractivity contribution in [1.29, 1.82) is 0 Å². The van der Waals surface area contributed by atoms with Gasteiger partial charge in [0.2, 0.25) is 0 Å². The molecule has 2 aromatic carbocycles. The van der Waals surface area contributed by atoms with Crippen LogP contribution in [0.1, 0.15) is 23.3 Å². The Morgan fingerprint density at radius 2 is 1.96 bits per heavy atom. The molecule has 130 valence electrons. The van der Waals surface area contributed by atoms with E-state index >= 15 is 0 Å². The number of carboxylic acid groups (broad SMARTS) is 1. The molecular weight excluding hydrogens is 334 g/mol. The maximum absolute atomic E-state index is 12.8. The predicted molar refractivity (Wildman–Crippen MR) is 97.9 cm³/mol. The summed E-state index contributed by atoms with van der Waals surface area (Å²) in [4.78, 5) is 27.6. The van der Waals surface area contributed by atoms with Crippen LogP contribution in [0.4, 0.5) is 10.5 Å². The van der Waals surface area contributed by atoms with E-state index in [1.54, 1.807) is 18.2 Å². The maximum atomic E-state index is 12.8. The Hall–Kier alpha value is -3.54. The minimum Gasteiger partial charge on any atom is -0.456 e. The van der Waals surface area contributed by atoms with Gasteiger partial charge in [-0.05, 0) is 42.2 Å². The first-order chi connectivity index (χ1) is 12.6. The van der Waals surface area contributed by atoms with Crippen molar-refractivity contribution in [3.63, 3.8) is 0 Å². The zero-order valence-electron chi connectivity index (χ0n) is 13.7. The molecule has 0 bridgehead atoms. The smallest absolute Gasteiger partial charge is 0.456 e. The highest BCUT2D eigenvalue weighted by Gasteiger charge is 2.24. The van der Waals surface area contributed by atoms with E-state index in [4.69, 9.17) is 9.52 Å². The van der Waals surface area contributed by atoms with Crippen molar-refractivity contribution < 1.29 is 19.2 Å². The molecule has 4 rings (SSSR count). The molecule has 0 spiro atoms. The van der Waals surface area contributed by atoms with E-state index in [9.17, 15) is 9.59 Å². The van der Waals surface area contributed by atoms with E-state index in [1.165, 1.54) is 0 Å². The molecule has 0 fully saturated rings. The minimum absolute atomic E-state index is 0.0524. The van der Waals surface area contributed by atoms with Crippen molar-refractivity contribution in [2.24, 2.45) is 0 Å². The van der Waals surface area contributed by atoms with Gasteiger partial charge in [0.25, 0.3) is 0 Å². The molecule has 2 N–H and O–H groups in total. The summed E-state index contributed by atoms with van der Waals surface area (Å²) in [6, 6.07) is 14.6. The van der Waals surface area contributed by atoms with E-state index in [2.05, 4.69) is 10.3 Å². The van der Waals surface area contributed by atoms with Crippen LogP contribution in [0.3, 0.4) is 0 Å². The van der Waals surface area contributed by atoms with Gasteiger partial charge in [0.1, 0.15) is 11.3 Å². The lowest BCUT2D eigenvalue weighted by molar-refractivity contribution is 0.112. The third-order valence-corrected chi connectivity index (χ3v) is 4.32. The second kappa shape index (κ2) is 6.40. The highest BCUT2D eigenvalue weighted by atomic mass is 16.8. The summed E-state index contributed by atoms with van der Waals surface area (Å²) < 4.78 is 6.01. The predicted octanol–water partition coefficient (Wildman–Crippen LogP) is 4.30. The molecule has 1 aromatic heterocycles. The molecule has 1 aliphatic carbocycles. The van der Waals surface area contributed by atoms with Crippen LogP contribution < -0.4 is 10.9 Å². The van der Waals surface area contributed by atoms with Crippen LogP contribution in [-0.4, -0.2) is 11.3 Å². The zero-order chi connectivity index (χ0) is 18.1. The van der Waals surface area contributed by atoms with Gasteiger partial charge in [0.15, 0.2) is 5.43 Å². The lowest BCUT2D eigenvalue weighted by Gasteiger charge is -2.07. The number of fused-ring (bicyclic) bond motifs is 2. The van der Waals surface area contributed by atoms with E-state index < -0.39 is 6.16 Å². The second-order valence-corrected chi connectivity index (χ2v) is 6.00. The molecule has 1 aliphatic rings. The van der Waals surface area contributed by atoms with Crippen LogP contribution in [0.2, 0.25) is 0 Å². The molecule has 6 heteroatoms. The van der Waals surface area contributed by atoms with E-state index in [-0.39, 0.29) is 5.43 Å². The third kappa shape index (κ3) is 2.93. The van der Waals surface area contributed by atoms with Crippen molar-refractivity contribution >= 4 is 34.5 Å². The fourth-order valence-corrected chi connectivity index (χ4v) is 3.15. The summed E-state index contributed by atoms with van der Waals surface area (Å²) in [6.45, 7) is 0. The van der Waals surface area contributed by atoms with Crippen molar-refractivity contribution in [1.82, 2.24) is 0 Å². The fourth-order valence-electron chi connectivity index (χ4n) is 3.15. The Balaban J connectivity index is 1.79. The van der Waals surface area contributed by atoms with E-state index in [0.29, 0.717) is 34.4 Å². The molecular formula is C20H15NO5. The molecule has 0 aliphatic heterocycles. The standard InChI is InChI=1S/C20H15NO5/c22-18-15-9-7-14(21-26-20(23)24)11-17(15)25-19-13(6-8-16(18)19)10-12-4-2-1-3-5-12/h1-5,7,9-11,21H,6,8H2,(H,23,24). The quantitative estimate of drug-likeness (QED) is 0.685. The topological polar surface area (TPSA) is 88.8 Å². The number of nitrogens with one attached hydrogen (secondary N) is 1. The minimum atomic E-state index is -1.45. The third-order valence-electron chi connectivity index (χ3n) is 4.32. The molecule has 0 amide bonds. The summed E-state index contributed by atoms with van der Waals surface area (Å²) in [6.07, 6.45) is 1.96. The normalized spacial score (nSPS) is 14.4. The van der Waals surface area contributed by atoms with Gasteiger partial charge in [-0.15, -0.1) is 0 Å². The Kier molecular flexibility index (Phi) is 3.93. The number of hydrogen-bond donors (Lipinski definition) is 2. The highest BCUT2D eigenvalue weighted by Crippen LogP contribution is 2.34. The van der Waals surface area contributed by atoms with Crippen molar-refractivity contribution in [2.45, 2.75) is 12.8 Å². The van der Waals surface area contributed by atoms with Gasteiger partial charge in [0.05, 0.1) is 11.1 Å². The Morgan fingerprint density at radius 3 is 2.73 bits per heavy atom. The largest absolute Gasteiger partial charge is 0.530 e. The summed E-state index contributed by atoms with van der Waals surface area (Å²) in [7, 11) is 0. The van der Waals surface area contributed by atoms with Crippen LogP contribution in [0.15, 0.2) is 57.7 Å². The first-order valence-corrected chi connectivity index (χ1v) is 8.13. The first kappa shape index (κ1) is 16.0. The summed E-state index contributed by atoms with van der Waals surface area (Å²) in [5, 5.41) is 9.03. The number of hydrogen-bond acceptors (Lipinski definition) is 5. The van der Waals surface area contributed by atoms with Crippen LogP contribution in [0.25, 0.3) is 22.6 Å². The number of benzene rings is 2. The van der Waals surface area contributed by atoms with Gasteiger partial charge in [-0.1, -0.05) is 30.3 Å². The number of carbonyl (C=O) groups is 1. The van der Waals surface area contributed by atoms with Crippen molar-refractivity contribution in [2.75, 3.05) is 5.48 Å². The Labute approximate surface area is 148 Å². The zero-order valence-corrected chi connectivity index (χ0v) is 13.7. The second-order valence-electron chi connectivity index (χ2n) is 6.00. The van der Waals surface area contributed by atoms with Crippen LogP contribution >= 0.6 is 0 Å². The Bertz CT molecular complexity index is 1080.